The first-order valence-electron chi connectivity index (χ1n) is 9.66. The van der Waals surface area contributed by atoms with E-state index in [2.05, 4.69) is 39.9 Å². The maximum absolute atomic E-state index is 12.4. The summed E-state index contributed by atoms with van der Waals surface area (Å²) in [5.41, 5.74) is 1.42. The van der Waals surface area contributed by atoms with E-state index in [0.29, 0.717) is 18.1 Å². The van der Waals surface area contributed by atoms with Crippen molar-refractivity contribution in [3.05, 3.63) is 34.3 Å². The molecule has 0 heterocycles. The molecule has 0 aromatic heterocycles. The number of amides is 1. The largest absolute Gasteiger partial charge is 0.444 e. The van der Waals surface area contributed by atoms with Crippen LogP contribution in [0, 0.1) is 5.41 Å². The highest BCUT2D eigenvalue weighted by molar-refractivity contribution is 6.48. The number of ether oxygens (including phenoxy) is 1. The van der Waals surface area contributed by atoms with Crippen LogP contribution in [0.5, 0.6) is 0 Å². The average Bonchev–Trinajstić information content (AvgIpc) is 2.49. The van der Waals surface area contributed by atoms with Gasteiger partial charge in [-0.1, -0.05) is 38.4 Å². The molecule has 0 N–H and O–H groups in total. The van der Waals surface area contributed by atoms with Crippen molar-refractivity contribution in [1.82, 2.24) is 4.90 Å². The van der Waals surface area contributed by atoms with E-state index in [1.54, 1.807) is 4.90 Å². The molecule has 0 saturated heterocycles. The zero-order valence-electron chi connectivity index (χ0n) is 18.4. The van der Waals surface area contributed by atoms with Crippen molar-refractivity contribution in [2.45, 2.75) is 79.8 Å². The standard InChI is InChI=1S/C21H36ClNO3Si/c1-10-23(19(24)25-21(5,6)7)14-15-11-12-17(22)16(13-15)18(20(2,3)4)26-27(8)9/h11-13,18,27H,10,14H2,1-9H3. The second-order valence-electron chi connectivity index (χ2n) is 9.28. The second kappa shape index (κ2) is 9.44. The molecule has 0 radical (unpaired) electrons. The summed E-state index contributed by atoms with van der Waals surface area (Å²) in [4.78, 5) is 14.1. The lowest BCUT2D eigenvalue weighted by Crippen LogP contribution is -2.36. The Labute approximate surface area is 171 Å². The molecule has 4 nitrogen and oxygen atoms in total. The minimum absolute atomic E-state index is 0.0743. The maximum Gasteiger partial charge on any atom is 0.410 e. The molecule has 154 valence electrons. The summed E-state index contributed by atoms with van der Waals surface area (Å²) in [5, 5.41) is 0.702. The lowest BCUT2D eigenvalue weighted by molar-refractivity contribution is 0.0244. The van der Waals surface area contributed by atoms with Crippen LogP contribution < -0.4 is 0 Å². The summed E-state index contributed by atoms with van der Waals surface area (Å²) in [6, 6.07) is 5.94. The average molecular weight is 414 g/mol. The van der Waals surface area contributed by atoms with Gasteiger partial charge < -0.3 is 14.1 Å². The smallest absolute Gasteiger partial charge is 0.410 e. The minimum Gasteiger partial charge on any atom is -0.444 e. The van der Waals surface area contributed by atoms with E-state index in [1.165, 1.54) is 0 Å². The third-order valence-corrected chi connectivity index (χ3v) is 5.11. The Bertz CT molecular complexity index is 635. The SMILES string of the molecule is CCN(Cc1ccc(Cl)c(C(O[SiH](C)C)C(C)(C)C)c1)C(=O)OC(C)(C)C. The quantitative estimate of drug-likeness (QED) is 0.522. The van der Waals surface area contributed by atoms with Gasteiger partial charge in [-0.25, -0.2) is 4.79 Å². The first-order chi connectivity index (χ1) is 12.2. The normalized spacial score (nSPS) is 13.6. The van der Waals surface area contributed by atoms with Crippen molar-refractivity contribution in [1.29, 1.82) is 0 Å². The number of hydrogen-bond donors (Lipinski definition) is 0. The number of carbonyl (C=O) groups is 1. The zero-order chi connectivity index (χ0) is 21.0. The van der Waals surface area contributed by atoms with Gasteiger partial charge in [0.2, 0.25) is 0 Å². The lowest BCUT2D eigenvalue weighted by Gasteiger charge is -2.34. The van der Waals surface area contributed by atoms with Crippen LogP contribution in [0.1, 0.15) is 65.7 Å². The second-order valence-corrected chi connectivity index (χ2v) is 12.1. The number of rotatable bonds is 6. The van der Waals surface area contributed by atoms with E-state index in [9.17, 15) is 4.79 Å². The minimum atomic E-state index is -1.25. The zero-order valence-corrected chi connectivity index (χ0v) is 20.3. The molecule has 1 aromatic rings. The molecule has 6 heteroatoms. The van der Waals surface area contributed by atoms with E-state index >= 15 is 0 Å². The van der Waals surface area contributed by atoms with Crippen LogP contribution in [-0.2, 0) is 15.7 Å². The fourth-order valence-corrected chi connectivity index (χ4v) is 4.08. The molecule has 1 rings (SSSR count). The Morgan fingerprint density at radius 3 is 2.22 bits per heavy atom. The van der Waals surface area contributed by atoms with Gasteiger partial charge in [0.05, 0.1) is 6.10 Å². The van der Waals surface area contributed by atoms with E-state index < -0.39 is 14.6 Å². The summed E-state index contributed by atoms with van der Waals surface area (Å²) in [7, 11) is -1.25. The fourth-order valence-electron chi connectivity index (χ4n) is 2.76. The number of benzene rings is 1. The number of carbonyl (C=O) groups excluding carboxylic acids is 1. The molecule has 27 heavy (non-hydrogen) atoms. The topological polar surface area (TPSA) is 38.8 Å². The Morgan fingerprint density at radius 2 is 1.78 bits per heavy atom. The molecule has 1 atom stereocenters. The van der Waals surface area contributed by atoms with Gasteiger partial charge in [-0.3, -0.25) is 0 Å². The van der Waals surface area contributed by atoms with Gasteiger partial charge in [0.25, 0.3) is 0 Å². The van der Waals surface area contributed by atoms with E-state index in [-0.39, 0.29) is 17.6 Å². The van der Waals surface area contributed by atoms with E-state index in [1.807, 2.05) is 39.8 Å². The molecule has 1 unspecified atom stereocenters. The molecule has 0 bridgehead atoms. The van der Waals surface area contributed by atoms with Crippen molar-refractivity contribution in [2.24, 2.45) is 5.41 Å². The van der Waals surface area contributed by atoms with E-state index in [4.69, 9.17) is 20.8 Å². The van der Waals surface area contributed by atoms with Crippen molar-refractivity contribution in [2.75, 3.05) is 6.54 Å². The van der Waals surface area contributed by atoms with Gasteiger partial charge in [-0.15, -0.1) is 0 Å². The maximum atomic E-state index is 12.4. The first kappa shape index (κ1) is 24.0. The van der Waals surface area contributed by atoms with Crippen molar-refractivity contribution in [3.8, 4) is 0 Å². The Hall–Kier alpha value is -1.04. The summed E-state index contributed by atoms with van der Waals surface area (Å²) >= 11 is 6.53. The van der Waals surface area contributed by atoms with Crippen LogP contribution in [0.2, 0.25) is 18.1 Å². The molecule has 1 amide bonds. The van der Waals surface area contributed by atoms with Gasteiger partial charge in [0.1, 0.15) is 5.60 Å². The third kappa shape index (κ3) is 7.84. The number of hydrogen-bond acceptors (Lipinski definition) is 3. The Balaban J connectivity index is 3.14. The molecular weight excluding hydrogens is 378 g/mol. The molecule has 0 aliphatic heterocycles. The predicted molar refractivity (Wildman–Crippen MR) is 116 cm³/mol. The fraction of sp³-hybridized carbons (Fsp3) is 0.667. The monoisotopic (exact) mass is 413 g/mol. The Morgan fingerprint density at radius 1 is 1.19 bits per heavy atom. The predicted octanol–water partition coefficient (Wildman–Crippen LogP) is 6.18. The van der Waals surface area contributed by atoms with Gasteiger partial charge in [0.15, 0.2) is 9.04 Å². The van der Waals surface area contributed by atoms with Crippen LogP contribution in [-0.4, -0.2) is 32.2 Å². The molecular formula is C21H36ClNO3Si. The number of nitrogens with zero attached hydrogens (tertiary/aromatic N) is 1. The number of halogens is 1. The Kier molecular flexibility index (Phi) is 8.39. The molecule has 1 aromatic carbocycles. The van der Waals surface area contributed by atoms with Crippen molar-refractivity contribution >= 4 is 26.7 Å². The van der Waals surface area contributed by atoms with Crippen LogP contribution >= 0.6 is 11.6 Å². The summed E-state index contributed by atoms with van der Waals surface area (Å²) < 4.78 is 11.8. The van der Waals surface area contributed by atoms with Gasteiger partial charge in [0, 0.05) is 18.1 Å². The highest BCUT2D eigenvalue weighted by atomic mass is 35.5. The van der Waals surface area contributed by atoms with Crippen LogP contribution in [0.3, 0.4) is 0 Å². The highest BCUT2D eigenvalue weighted by Gasteiger charge is 2.30. The summed E-state index contributed by atoms with van der Waals surface area (Å²) in [5.74, 6) is 0. The van der Waals surface area contributed by atoms with Crippen LogP contribution in [0.4, 0.5) is 4.79 Å². The molecule has 0 saturated carbocycles. The van der Waals surface area contributed by atoms with Gasteiger partial charge >= 0.3 is 6.09 Å². The lowest BCUT2D eigenvalue weighted by atomic mass is 9.84. The summed E-state index contributed by atoms with van der Waals surface area (Å²) in [6.45, 7) is 19.4. The van der Waals surface area contributed by atoms with Gasteiger partial charge in [-0.2, -0.15) is 0 Å². The van der Waals surface area contributed by atoms with Crippen molar-refractivity contribution in [3.63, 3.8) is 0 Å². The molecule has 0 aliphatic carbocycles. The van der Waals surface area contributed by atoms with Gasteiger partial charge in [-0.05, 0) is 69.5 Å². The highest BCUT2D eigenvalue weighted by Crippen LogP contribution is 2.40. The molecule has 0 aliphatic rings. The third-order valence-electron chi connectivity index (χ3n) is 3.94. The van der Waals surface area contributed by atoms with Crippen molar-refractivity contribution < 1.29 is 14.0 Å². The first-order valence-corrected chi connectivity index (χ1v) is 12.8. The molecule has 0 spiro atoms. The van der Waals surface area contributed by atoms with Crippen LogP contribution in [0.25, 0.3) is 0 Å². The van der Waals surface area contributed by atoms with E-state index in [0.717, 1.165) is 11.1 Å². The molecule has 0 fully saturated rings. The summed E-state index contributed by atoms with van der Waals surface area (Å²) in [6.07, 6.45) is -0.382. The van der Waals surface area contributed by atoms with Crippen LogP contribution in [0.15, 0.2) is 18.2 Å².